The molecule has 2 aromatic carbocycles. The first kappa shape index (κ1) is 15.0. The molecule has 1 heterocycles. The number of benzene rings is 2. The van der Waals surface area contributed by atoms with Crippen LogP contribution in [0, 0.1) is 21.4 Å². The number of anilines is 1. The summed E-state index contributed by atoms with van der Waals surface area (Å²) in [5, 5.41) is 19.8. The van der Waals surface area contributed by atoms with Crippen molar-refractivity contribution >= 4 is 21.4 Å². The van der Waals surface area contributed by atoms with Gasteiger partial charge in [-0.2, -0.15) is 5.26 Å². The minimum Gasteiger partial charge on any atom is -0.265 e. The highest BCUT2D eigenvalue weighted by Crippen LogP contribution is 2.35. The molecule has 0 saturated carbocycles. The topological polar surface area (TPSA) is 104 Å². The molecule has 7 nitrogen and oxygen atoms in total. The molecule has 0 bridgehead atoms. The summed E-state index contributed by atoms with van der Waals surface area (Å²) in [5.41, 5.74) is 1.15. The van der Waals surface area contributed by atoms with Gasteiger partial charge in [-0.1, -0.05) is 12.1 Å². The fourth-order valence-corrected chi connectivity index (χ4v) is 4.10. The van der Waals surface area contributed by atoms with Crippen LogP contribution in [0.1, 0.15) is 11.1 Å². The van der Waals surface area contributed by atoms with Gasteiger partial charge in [0.05, 0.1) is 27.1 Å². The molecule has 0 aromatic heterocycles. The van der Waals surface area contributed by atoms with Crippen molar-refractivity contribution in [2.24, 2.45) is 0 Å². The lowest BCUT2D eigenvalue weighted by molar-refractivity contribution is -0.384. The quantitative estimate of drug-likeness (QED) is 0.634. The molecule has 0 fully saturated rings. The first-order chi connectivity index (χ1) is 10.9. The summed E-state index contributed by atoms with van der Waals surface area (Å²) in [5.74, 6) is 0. The van der Waals surface area contributed by atoms with Gasteiger partial charge in [0.2, 0.25) is 0 Å². The van der Waals surface area contributed by atoms with E-state index in [4.69, 9.17) is 5.26 Å². The maximum atomic E-state index is 12.8. The predicted molar refractivity (Wildman–Crippen MR) is 82.5 cm³/mol. The van der Waals surface area contributed by atoms with E-state index in [1.165, 1.54) is 36.4 Å². The minimum atomic E-state index is -3.87. The van der Waals surface area contributed by atoms with Crippen molar-refractivity contribution in [3.05, 3.63) is 63.7 Å². The average molecular weight is 329 g/mol. The summed E-state index contributed by atoms with van der Waals surface area (Å²) in [6.45, 7) is 0.218. The summed E-state index contributed by atoms with van der Waals surface area (Å²) in [7, 11) is -3.87. The van der Waals surface area contributed by atoms with E-state index in [0.29, 0.717) is 12.1 Å². The minimum absolute atomic E-state index is 0.00379. The molecule has 1 aliphatic heterocycles. The number of sulfonamides is 1. The lowest BCUT2D eigenvalue weighted by Gasteiger charge is -2.19. The molecular formula is C15H11N3O4S. The second kappa shape index (κ2) is 5.37. The molecule has 23 heavy (non-hydrogen) atoms. The molecule has 8 heteroatoms. The van der Waals surface area contributed by atoms with E-state index in [-0.39, 0.29) is 22.7 Å². The van der Waals surface area contributed by atoms with Crippen LogP contribution in [0.15, 0.2) is 47.4 Å². The van der Waals surface area contributed by atoms with Gasteiger partial charge in [0.25, 0.3) is 15.7 Å². The van der Waals surface area contributed by atoms with E-state index in [1.54, 1.807) is 6.07 Å². The fourth-order valence-electron chi connectivity index (χ4n) is 2.55. The van der Waals surface area contributed by atoms with Gasteiger partial charge >= 0.3 is 0 Å². The van der Waals surface area contributed by atoms with Gasteiger partial charge in [-0.3, -0.25) is 14.4 Å². The van der Waals surface area contributed by atoms with Crippen LogP contribution in [0.5, 0.6) is 0 Å². The number of hydrogen-bond donors (Lipinski definition) is 0. The maximum Gasteiger partial charge on any atom is 0.271 e. The molecule has 0 saturated heterocycles. The normalized spacial score (nSPS) is 13.4. The Bertz CT molecular complexity index is 947. The highest BCUT2D eigenvalue weighted by Gasteiger charge is 2.32. The molecule has 0 spiro atoms. The third-order valence-corrected chi connectivity index (χ3v) is 5.49. The highest BCUT2D eigenvalue weighted by atomic mass is 32.2. The molecule has 116 valence electrons. The van der Waals surface area contributed by atoms with Crippen LogP contribution in [0.4, 0.5) is 11.4 Å². The van der Waals surface area contributed by atoms with Crippen molar-refractivity contribution in [3.63, 3.8) is 0 Å². The second-order valence-electron chi connectivity index (χ2n) is 5.04. The number of non-ortho nitro benzene ring substituents is 1. The fraction of sp³-hybridized carbons (Fsp3) is 0.133. The zero-order valence-electron chi connectivity index (χ0n) is 11.8. The monoisotopic (exact) mass is 329 g/mol. The number of nitro groups is 1. The largest absolute Gasteiger partial charge is 0.271 e. The van der Waals surface area contributed by atoms with Crippen LogP contribution in [0.3, 0.4) is 0 Å². The van der Waals surface area contributed by atoms with E-state index in [0.717, 1.165) is 9.87 Å². The molecular weight excluding hydrogens is 318 g/mol. The lowest BCUT2D eigenvalue weighted by atomic mass is 10.1. The first-order valence-electron chi connectivity index (χ1n) is 6.74. The number of nitriles is 1. The van der Waals surface area contributed by atoms with Crippen LogP contribution < -0.4 is 4.31 Å². The van der Waals surface area contributed by atoms with Gasteiger partial charge in [-0.05, 0) is 30.2 Å². The third-order valence-electron chi connectivity index (χ3n) is 3.68. The van der Waals surface area contributed by atoms with Crippen LogP contribution >= 0.6 is 0 Å². The molecule has 0 N–H and O–H groups in total. The molecule has 0 amide bonds. The lowest BCUT2D eigenvalue weighted by Crippen LogP contribution is -2.29. The van der Waals surface area contributed by atoms with Crippen LogP contribution in [-0.2, 0) is 16.4 Å². The molecule has 1 aliphatic rings. The summed E-state index contributed by atoms with van der Waals surface area (Å²) in [4.78, 5) is 10.4. The summed E-state index contributed by atoms with van der Waals surface area (Å²) in [6.07, 6.45) is 0.491. The smallest absolute Gasteiger partial charge is 0.265 e. The van der Waals surface area contributed by atoms with Crippen LogP contribution in [-0.4, -0.2) is 19.9 Å². The van der Waals surface area contributed by atoms with Crippen molar-refractivity contribution in [2.45, 2.75) is 11.3 Å². The molecule has 2 aromatic rings. The van der Waals surface area contributed by atoms with Gasteiger partial charge in [0, 0.05) is 18.7 Å². The van der Waals surface area contributed by atoms with Gasteiger partial charge in [-0.25, -0.2) is 8.42 Å². The Hall–Kier alpha value is -2.92. The maximum absolute atomic E-state index is 12.8. The summed E-state index contributed by atoms with van der Waals surface area (Å²) in [6, 6.07) is 11.8. The van der Waals surface area contributed by atoms with E-state index in [1.807, 2.05) is 6.07 Å². The zero-order chi connectivity index (χ0) is 16.6. The third kappa shape index (κ3) is 2.51. The van der Waals surface area contributed by atoms with Crippen LogP contribution in [0.2, 0.25) is 0 Å². The van der Waals surface area contributed by atoms with Gasteiger partial charge in [0.1, 0.15) is 0 Å². The second-order valence-corrected chi connectivity index (χ2v) is 6.90. The van der Waals surface area contributed by atoms with Gasteiger partial charge < -0.3 is 0 Å². The number of rotatable bonds is 3. The Kier molecular flexibility index (Phi) is 3.50. The van der Waals surface area contributed by atoms with Crippen molar-refractivity contribution in [1.29, 1.82) is 5.26 Å². The molecule has 3 rings (SSSR count). The zero-order valence-corrected chi connectivity index (χ0v) is 12.7. The van der Waals surface area contributed by atoms with Gasteiger partial charge in [0.15, 0.2) is 0 Å². The Balaban J connectivity index is 2.09. The van der Waals surface area contributed by atoms with E-state index >= 15 is 0 Å². The van der Waals surface area contributed by atoms with Crippen molar-refractivity contribution in [3.8, 4) is 6.07 Å². The van der Waals surface area contributed by atoms with E-state index in [2.05, 4.69) is 0 Å². The summed E-state index contributed by atoms with van der Waals surface area (Å²) < 4.78 is 26.7. The average Bonchev–Trinajstić information content (AvgIpc) is 2.98. The van der Waals surface area contributed by atoms with Crippen molar-refractivity contribution < 1.29 is 13.3 Å². The molecule has 0 radical (unpaired) electrons. The summed E-state index contributed by atoms with van der Waals surface area (Å²) >= 11 is 0. The SMILES string of the molecule is N#Cc1cccc(S(=O)(=O)N2CCc3ccc([N+](=O)[O-])cc32)c1. The number of hydrogen-bond acceptors (Lipinski definition) is 5. The van der Waals surface area contributed by atoms with Gasteiger partial charge in [-0.15, -0.1) is 0 Å². The Labute approximate surface area is 132 Å². The Morgan fingerprint density at radius 2 is 2.00 bits per heavy atom. The standard InChI is InChI=1S/C15H11N3O4S/c16-10-11-2-1-3-14(8-11)23(21,22)17-7-6-12-4-5-13(18(19)20)9-15(12)17/h1-5,8-9H,6-7H2. The van der Waals surface area contributed by atoms with Crippen LogP contribution in [0.25, 0.3) is 0 Å². The highest BCUT2D eigenvalue weighted by molar-refractivity contribution is 7.92. The number of nitrogens with zero attached hydrogens (tertiary/aromatic N) is 3. The van der Waals surface area contributed by atoms with E-state index < -0.39 is 14.9 Å². The first-order valence-corrected chi connectivity index (χ1v) is 8.18. The van der Waals surface area contributed by atoms with Crippen molar-refractivity contribution in [1.82, 2.24) is 0 Å². The molecule has 0 atom stereocenters. The predicted octanol–water partition coefficient (Wildman–Crippen LogP) is 2.22. The molecule has 0 aliphatic carbocycles. The molecule has 0 unspecified atom stereocenters. The Morgan fingerprint density at radius 1 is 1.22 bits per heavy atom. The number of nitro benzene ring substituents is 1. The number of fused-ring (bicyclic) bond motifs is 1. The Morgan fingerprint density at radius 3 is 2.70 bits per heavy atom. The van der Waals surface area contributed by atoms with E-state index in [9.17, 15) is 18.5 Å². The van der Waals surface area contributed by atoms with Crippen molar-refractivity contribution in [2.75, 3.05) is 10.8 Å².